The van der Waals surface area contributed by atoms with E-state index in [9.17, 15) is 4.79 Å². The van der Waals surface area contributed by atoms with Gasteiger partial charge in [-0.3, -0.25) is 0 Å². The van der Waals surface area contributed by atoms with Crippen LogP contribution in [0.25, 0.3) is 0 Å². The van der Waals surface area contributed by atoms with Crippen LogP contribution in [0.3, 0.4) is 0 Å². The molecule has 2 aromatic rings. The Labute approximate surface area is 126 Å². The van der Waals surface area contributed by atoms with Gasteiger partial charge in [-0.05, 0) is 48.9 Å². The first-order valence-corrected chi connectivity index (χ1v) is 6.81. The predicted molar refractivity (Wildman–Crippen MR) is 84.4 cm³/mol. The fraction of sp³-hybridized carbons (Fsp3) is 0.133. The van der Waals surface area contributed by atoms with Gasteiger partial charge in [0.05, 0.1) is 18.4 Å². The number of methoxy groups -OCH3 is 1. The summed E-state index contributed by atoms with van der Waals surface area (Å²) in [7, 11) is 1.35. The lowest BCUT2D eigenvalue weighted by atomic mass is 10.1. The Bertz CT molecular complexity index is 636. The minimum atomic E-state index is -0.425. The van der Waals surface area contributed by atoms with Gasteiger partial charge >= 0.3 is 5.97 Å². The van der Waals surface area contributed by atoms with Crippen molar-refractivity contribution in [1.82, 2.24) is 0 Å². The molecule has 0 radical (unpaired) electrons. The molecule has 0 aliphatic carbocycles. The Hall–Kier alpha value is -2.01. The van der Waals surface area contributed by atoms with Gasteiger partial charge in [-0.25, -0.2) is 4.79 Å². The Kier molecular flexibility index (Phi) is 4.29. The molecule has 0 heterocycles. The first-order chi connectivity index (χ1) is 9.49. The van der Waals surface area contributed by atoms with Crippen LogP contribution in [-0.2, 0) is 4.74 Å². The molecule has 0 saturated heterocycles. The standard InChI is InChI=1S/C15H15BrN2O2/c1-9-5-10(16)7-12(6-9)18-14-4-3-11(17)8-13(14)15(19)20-2/h3-8,18H,17H2,1-2H3. The van der Waals surface area contributed by atoms with Crippen molar-refractivity contribution in [1.29, 1.82) is 0 Å². The fourth-order valence-corrected chi connectivity index (χ4v) is 2.52. The molecule has 0 unspecified atom stereocenters. The molecular formula is C15H15BrN2O2. The molecule has 0 fully saturated rings. The summed E-state index contributed by atoms with van der Waals surface area (Å²) in [5.74, 6) is -0.425. The van der Waals surface area contributed by atoms with Gasteiger partial charge < -0.3 is 15.8 Å². The minimum Gasteiger partial charge on any atom is -0.465 e. The summed E-state index contributed by atoms with van der Waals surface area (Å²) in [5.41, 5.74) is 9.29. The van der Waals surface area contributed by atoms with E-state index in [2.05, 4.69) is 21.2 Å². The molecule has 5 heteroatoms. The van der Waals surface area contributed by atoms with Crippen LogP contribution in [-0.4, -0.2) is 13.1 Å². The summed E-state index contributed by atoms with van der Waals surface area (Å²) in [4.78, 5) is 11.8. The molecule has 0 aliphatic heterocycles. The number of hydrogen-bond acceptors (Lipinski definition) is 4. The molecule has 0 saturated carbocycles. The van der Waals surface area contributed by atoms with E-state index in [1.807, 2.05) is 25.1 Å². The Morgan fingerprint density at radius 3 is 2.65 bits per heavy atom. The quantitative estimate of drug-likeness (QED) is 0.660. The van der Waals surface area contributed by atoms with E-state index in [0.29, 0.717) is 16.9 Å². The Morgan fingerprint density at radius 2 is 2.00 bits per heavy atom. The van der Waals surface area contributed by atoms with Crippen molar-refractivity contribution in [3.05, 3.63) is 52.0 Å². The van der Waals surface area contributed by atoms with E-state index in [0.717, 1.165) is 15.7 Å². The number of benzene rings is 2. The lowest BCUT2D eigenvalue weighted by molar-refractivity contribution is 0.0602. The minimum absolute atomic E-state index is 0.408. The average molecular weight is 335 g/mol. The summed E-state index contributed by atoms with van der Waals surface area (Å²) in [6.07, 6.45) is 0. The molecule has 2 rings (SSSR count). The zero-order valence-corrected chi connectivity index (χ0v) is 12.8. The number of aryl methyl sites for hydroxylation is 1. The average Bonchev–Trinajstić information content (AvgIpc) is 2.38. The number of carbonyl (C=O) groups is 1. The SMILES string of the molecule is COC(=O)c1cc(N)ccc1Nc1cc(C)cc(Br)c1. The first kappa shape index (κ1) is 14.4. The Morgan fingerprint density at radius 1 is 1.25 bits per heavy atom. The van der Waals surface area contributed by atoms with Gasteiger partial charge in [-0.1, -0.05) is 15.9 Å². The molecule has 104 valence electrons. The van der Waals surface area contributed by atoms with Crippen LogP contribution in [0.15, 0.2) is 40.9 Å². The van der Waals surface area contributed by atoms with Crippen molar-refractivity contribution in [2.75, 3.05) is 18.2 Å². The predicted octanol–water partition coefficient (Wildman–Crippen LogP) is 3.87. The van der Waals surface area contributed by atoms with Crippen LogP contribution in [0.4, 0.5) is 17.1 Å². The van der Waals surface area contributed by atoms with E-state index in [1.54, 1.807) is 18.2 Å². The van der Waals surface area contributed by atoms with Gasteiger partial charge in [0.25, 0.3) is 0 Å². The summed E-state index contributed by atoms with van der Waals surface area (Å²) in [6.45, 7) is 2.00. The van der Waals surface area contributed by atoms with Gasteiger partial charge in [0.2, 0.25) is 0 Å². The van der Waals surface area contributed by atoms with Crippen molar-refractivity contribution in [3.8, 4) is 0 Å². The molecule has 0 spiro atoms. The second kappa shape index (κ2) is 5.96. The largest absolute Gasteiger partial charge is 0.465 e. The number of nitrogens with one attached hydrogen (secondary N) is 1. The third-order valence-corrected chi connectivity index (χ3v) is 3.23. The Balaban J connectivity index is 2.40. The van der Waals surface area contributed by atoms with Crippen molar-refractivity contribution < 1.29 is 9.53 Å². The van der Waals surface area contributed by atoms with Gasteiger partial charge in [-0.15, -0.1) is 0 Å². The van der Waals surface area contributed by atoms with Crippen LogP contribution in [0.1, 0.15) is 15.9 Å². The number of ether oxygens (including phenoxy) is 1. The van der Waals surface area contributed by atoms with Crippen LogP contribution in [0, 0.1) is 6.92 Å². The summed E-state index contributed by atoms with van der Waals surface area (Å²) < 4.78 is 5.74. The van der Waals surface area contributed by atoms with E-state index in [1.165, 1.54) is 7.11 Å². The van der Waals surface area contributed by atoms with Crippen molar-refractivity contribution in [2.24, 2.45) is 0 Å². The lowest BCUT2D eigenvalue weighted by Gasteiger charge is -2.12. The normalized spacial score (nSPS) is 10.2. The molecule has 0 aliphatic rings. The number of nitrogens with two attached hydrogens (primary N) is 1. The summed E-state index contributed by atoms with van der Waals surface area (Å²) in [5, 5.41) is 3.21. The zero-order valence-electron chi connectivity index (χ0n) is 11.2. The van der Waals surface area contributed by atoms with E-state index in [4.69, 9.17) is 10.5 Å². The van der Waals surface area contributed by atoms with Crippen LogP contribution < -0.4 is 11.1 Å². The summed E-state index contributed by atoms with van der Waals surface area (Å²) in [6, 6.07) is 11.0. The molecule has 20 heavy (non-hydrogen) atoms. The van der Waals surface area contributed by atoms with Gasteiger partial charge in [0.1, 0.15) is 0 Å². The van der Waals surface area contributed by atoms with E-state index >= 15 is 0 Å². The molecule has 0 bridgehead atoms. The number of nitrogen functional groups attached to an aromatic ring is 1. The molecule has 0 amide bonds. The van der Waals surface area contributed by atoms with Crippen molar-refractivity contribution >= 4 is 39.0 Å². The van der Waals surface area contributed by atoms with Gasteiger partial charge in [0, 0.05) is 15.8 Å². The highest BCUT2D eigenvalue weighted by molar-refractivity contribution is 9.10. The van der Waals surface area contributed by atoms with E-state index in [-0.39, 0.29) is 0 Å². The van der Waals surface area contributed by atoms with Crippen molar-refractivity contribution in [2.45, 2.75) is 6.92 Å². The number of esters is 1. The third-order valence-electron chi connectivity index (χ3n) is 2.77. The highest BCUT2D eigenvalue weighted by Gasteiger charge is 2.12. The molecular weight excluding hydrogens is 320 g/mol. The topological polar surface area (TPSA) is 64.3 Å². The zero-order chi connectivity index (χ0) is 14.7. The number of hydrogen-bond donors (Lipinski definition) is 2. The molecule has 3 N–H and O–H groups in total. The lowest BCUT2D eigenvalue weighted by Crippen LogP contribution is -2.06. The number of halogens is 1. The maximum atomic E-state index is 11.8. The smallest absolute Gasteiger partial charge is 0.340 e. The van der Waals surface area contributed by atoms with Gasteiger partial charge in [-0.2, -0.15) is 0 Å². The third kappa shape index (κ3) is 3.30. The second-order valence-corrected chi connectivity index (χ2v) is 5.35. The fourth-order valence-electron chi connectivity index (χ4n) is 1.91. The molecule has 4 nitrogen and oxygen atoms in total. The van der Waals surface area contributed by atoms with Gasteiger partial charge in [0.15, 0.2) is 0 Å². The monoisotopic (exact) mass is 334 g/mol. The van der Waals surface area contributed by atoms with E-state index < -0.39 is 5.97 Å². The van der Waals surface area contributed by atoms with Crippen LogP contribution in [0.5, 0.6) is 0 Å². The highest BCUT2D eigenvalue weighted by atomic mass is 79.9. The second-order valence-electron chi connectivity index (χ2n) is 4.44. The number of rotatable bonds is 3. The molecule has 2 aromatic carbocycles. The van der Waals surface area contributed by atoms with Crippen LogP contribution >= 0.6 is 15.9 Å². The maximum Gasteiger partial charge on any atom is 0.340 e. The molecule has 0 atom stereocenters. The first-order valence-electron chi connectivity index (χ1n) is 6.01. The summed E-state index contributed by atoms with van der Waals surface area (Å²) >= 11 is 3.45. The van der Waals surface area contributed by atoms with Crippen molar-refractivity contribution in [3.63, 3.8) is 0 Å². The maximum absolute atomic E-state index is 11.8. The van der Waals surface area contributed by atoms with Crippen LogP contribution in [0.2, 0.25) is 0 Å². The highest BCUT2D eigenvalue weighted by Crippen LogP contribution is 2.26. The number of carbonyl (C=O) groups excluding carboxylic acids is 1. The molecule has 0 aromatic heterocycles. The number of anilines is 3.